The minimum atomic E-state index is 0.386. The number of nitrogens with two attached hydrogens (primary N) is 1. The van der Waals surface area contributed by atoms with E-state index in [1.54, 1.807) is 0 Å². The number of pyridine rings is 1. The molecule has 1 fully saturated rings. The fourth-order valence-electron chi connectivity index (χ4n) is 3.73. The zero-order chi connectivity index (χ0) is 13.8. The molecule has 0 saturated carbocycles. The number of aryl methyl sites for hydroxylation is 1. The molecule has 2 aliphatic rings. The van der Waals surface area contributed by atoms with E-state index in [1.807, 2.05) is 6.20 Å². The van der Waals surface area contributed by atoms with Crippen molar-refractivity contribution < 1.29 is 0 Å². The highest BCUT2D eigenvalue weighted by molar-refractivity contribution is 7.99. The summed E-state index contributed by atoms with van der Waals surface area (Å²) >= 11 is 2.09. The first-order valence-electron chi connectivity index (χ1n) is 7.86. The maximum Gasteiger partial charge on any atom is 0.0482 e. The lowest BCUT2D eigenvalue weighted by atomic mass is 9.78. The fourth-order valence-corrected chi connectivity index (χ4v) is 4.93. The van der Waals surface area contributed by atoms with Gasteiger partial charge in [-0.15, -0.1) is 0 Å². The summed E-state index contributed by atoms with van der Waals surface area (Å²) in [6, 6.07) is 4.68. The first-order chi connectivity index (χ1) is 9.88. The second-order valence-corrected chi connectivity index (χ2v) is 7.34. The molecule has 0 amide bonds. The third kappa shape index (κ3) is 3.18. The van der Waals surface area contributed by atoms with Crippen molar-refractivity contribution in [1.82, 2.24) is 10.4 Å². The quantitative estimate of drug-likeness (QED) is 0.661. The summed E-state index contributed by atoms with van der Waals surface area (Å²) in [4.78, 5) is 4.66. The second-order valence-electron chi connectivity index (χ2n) is 6.11. The molecule has 4 heteroatoms. The van der Waals surface area contributed by atoms with Gasteiger partial charge in [0.1, 0.15) is 0 Å². The third-order valence-electron chi connectivity index (χ3n) is 4.87. The molecule has 3 N–H and O–H groups in total. The van der Waals surface area contributed by atoms with Gasteiger partial charge in [0, 0.05) is 23.9 Å². The lowest BCUT2D eigenvalue weighted by Crippen LogP contribution is -2.42. The smallest absolute Gasteiger partial charge is 0.0482 e. The normalized spacial score (nSPS) is 25.1. The number of hydrogen-bond donors (Lipinski definition) is 2. The minimum Gasteiger partial charge on any atom is -0.271 e. The van der Waals surface area contributed by atoms with E-state index in [1.165, 1.54) is 61.3 Å². The largest absolute Gasteiger partial charge is 0.271 e. The van der Waals surface area contributed by atoms with Crippen LogP contribution in [0.25, 0.3) is 0 Å². The number of hydrazine groups is 1. The molecule has 1 aromatic heterocycles. The Morgan fingerprint density at radius 3 is 3.00 bits per heavy atom. The Kier molecular flexibility index (Phi) is 4.97. The average molecular weight is 291 g/mol. The minimum absolute atomic E-state index is 0.386. The summed E-state index contributed by atoms with van der Waals surface area (Å²) in [6.07, 6.45) is 9.51. The van der Waals surface area contributed by atoms with Crippen molar-refractivity contribution in [3.63, 3.8) is 0 Å². The van der Waals surface area contributed by atoms with E-state index in [9.17, 15) is 0 Å². The van der Waals surface area contributed by atoms with E-state index in [0.717, 1.165) is 5.92 Å². The summed E-state index contributed by atoms with van der Waals surface area (Å²) in [5, 5.41) is 0. The molecule has 2 unspecified atom stereocenters. The van der Waals surface area contributed by atoms with E-state index in [0.29, 0.717) is 12.0 Å². The van der Waals surface area contributed by atoms with Gasteiger partial charge >= 0.3 is 0 Å². The summed E-state index contributed by atoms with van der Waals surface area (Å²) in [7, 11) is 0. The average Bonchev–Trinajstić information content (AvgIpc) is 2.53. The molecule has 0 aromatic carbocycles. The predicted octanol–water partition coefficient (Wildman–Crippen LogP) is 2.87. The molecular weight excluding hydrogens is 266 g/mol. The van der Waals surface area contributed by atoms with Crippen molar-refractivity contribution in [2.45, 2.75) is 50.5 Å². The first kappa shape index (κ1) is 14.4. The molecule has 1 aliphatic heterocycles. The standard InChI is InChI=1S/C16H25N3S/c17-19-15(11-12-6-9-20-10-7-12)14-5-1-3-13-4-2-8-18-16(13)14/h2,4,8,12,14-15,19H,1,3,5-7,9-11,17H2. The number of fused-ring (bicyclic) bond motifs is 1. The van der Waals surface area contributed by atoms with Gasteiger partial charge in [0.05, 0.1) is 0 Å². The summed E-state index contributed by atoms with van der Waals surface area (Å²) < 4.78 is 0. The van der Waals surface area contributed by atoms with Gasteiger partial charge in [-0.25, -0.2) is 0 Å². The highest BCUT2D eigenvalue weighted by Gasteiger charge is 2.30. The third-order valence-corrected chi connectivity index (χ3v) is 5.92. The molecule has 0 radical (unpaired) electrons. The summed E-state index contributed by atoms with van der Waals surface area (Å²) in [5.74, 6) is 9.88. The number of aromatic nitrogens is 1. The summed E-state index contributed by atoms with van der Waals surface area (Å²) in [6.45, 7) is 0. The predicted molar refractivity (Wildman–Crippen MR) is 85.7 cm³/mol. The van der Waals surface area contributed by atoms with Crippen molar-refractivity contribution in [2.24, 2.45) is 11.8 Å². The molecule has 2 atom stereocenters. The lowest BCUT2D eigenvalue weighted by molar-refractivity contribution is 0.308. The van der Waals surface area contributed by atoms with E-state index in [-0.39, 0.29) is 0 Å². The van der Waals surface area contributed by atoms with Crippen LogP contribution in [0.5, 0.6) is 0 Å². The van der Waals surface area contributed by atoms with Crippen molar-refractivity contribution in [2.75, 3.05) is 11.5 Å². The van der Waals surface area contributed by atoms with E-state index < -0.39 is 0 Å². The molecule has 20 heavy (non-hydrogen) atoms. The van der Waals surface area contributed by atoms with Crippen LogP contribution in [-0.2, 0) is 6.42 Å². The SMILES string of the molecule is NNC(CC1CCSCC1)C1CCCc2cccnc21. The Morgan fingerprint density at radius 2 is 2.20 bits per heavy atom. The van der Waals surface area contributed by atoms with E-state index in [4.69, 9.17) is 5.84 Å². The topological polar surface area (TPSA) is 50.9 Å². The zero-order valence-corrected chi connectivity index (χ0v) is 12.9. The van der Waals surface area contributed by atoms with Crippen LogP contribution in [0.4, 0.5) is 0 Å². The van der Waals surface area contributed by atoms with Crippen LogP contribution in [0.3, 0.4) is 0 Å². The van der Waals surface area contributed by atoms with Crippen molar-refractivity contribution in [3.05, 3.63) is 29.6 Å². The van der Waals surface area contributed by atoms with Gasteiger partial charge in [-0.2, -0.15) is 11.8 Å². The van der Waals surface area contributed by atoms with Crippen LogP contribution >= 0.6 is 11.8 Å². The van der Waals surface area contributed by atoms with Gasteiger partial charge in [0.15, 0.2) is 0 Å². The highest BCUT2D eigenvalue weighted by Crippen LogP contribution is 2.36. The van der Waals surface area contributed by atoms with Gasteiger partial charge in [0.25, 0.3) is 0 Å². The van der Waals surface area contributed by atoms with E-state index in [2.05, 4.69) is 34.3 Å². The number of rotatable bonds is 4. The van der Waals surface area contributed by atoms with Crippen molar-refractivity contribution in [3.8, 4) is 0 Å². The van der Waals surface area contributed by atoms with Crippen LogP contribution in [0.1, 0.15) is 49.3 Å². The molecule has 0 spiro atoms. The number of hydrogen-bond acceptors (Lipinski definition) is 4. The van der Waals surface area contributed by atoms with Crippen LogP contribution in [0.2, 0.25) is 0 Å². The molecule has 2 heterocycles. The van der Waals surface area contributed by atoms with Gasteiger partial charge in [0.2, 0.25) is 0 Å². The first-order valence-corrected chi connectivity index (χ1v) is 9.01. The maximum atomic E-state index is 5.89. The maximum absolute atomic E-state index is 5.89. The molecular formula is C16H25N3S. The molecule has 1 aliphatic carbocycles. The van der Waals surface area contributed by atoms with Crippen LogP contribution < -0.4 is 11.3 Å². The highest BCUT2D eigenvalue weighted by atomic mass is 32.2. The number of nitrogens with zero attached hydrogens (tertiary/aromatic N) is 1. The molecule has 3 nitrogen and oxygen atoms in total. The Morgan fingerprint density at radius 1 is 1.35 bits per heavy atom. The van der Waals surface area contributed by atoms with Gasteiger partial charge in [-0.3, -0.25) is 16.3 Å². The Hall–Kier alpha value is -0.580. The molecule has 1 aromatic rings. The van der Waals surface area contributed by atoms with Crippen molar-refractivity contribution >= 4 is 11.8 Å². The van der Waals surface area contributed by atoms with Gasteiger partial charge in [-0.1, -0.05) is 6.07 Å². The Labute approximate surface area is 126 Å². The zero-order valence-electron chi connectivity index (χ0n) is 12.1. The number of nitrogens with one attached hydrogen (secondary N) is 1. The fraction of sp³-hybridized carbons (Fsp3) is 0.688. The van der Waals surface area contributed by atoms with E-state index >= 15 is 0 Å². The molecule has 3 rings (SSSR count). The molecule has 110 valence electrons. The Balaban J connectivity index is 1.72. The molecule has 1 saturated heterocycles. The van der Waals surface area contributed by atoms with Gasteiger partial charge in [-0.05, 0) is 67.6 Å². The Bertz CT molecular complexity index is 431. The second kappa shape index (κ2) is 6.92. The van der Waals surface area contributed by atoms with Gasteiger partial charge < -0.3 is 0 Å². The van der Waals surface area contributed by atoms with Crippen LogP contribution in [0, 0.1) is 5.92 Å². The van der Waals surface area contributed by atoms with Crippen LogP contribution in [0.15, 0.2) is 18.3 Å². The summed E-state index contributed by atoms with van der Waals surface area (Å²) in [5.41, 5.74) is 5.84. The van der Waals surface area contributed by atoms with Crippen molar-refractivity contribution in [1.29, 1.82) is 0 Å². The lowest BCUT2D eigenvalue weighted by Gasteiger charge is -2.34. The monoisotopic (exact) mass is 291 g/mol. The van der Waals surface area contributed by atoms with Crippen LogP contribution in [-0.4, -0.2) is 22.5 Å². The number of thioether (sulfide) groups is 1. The molecule has 0 bridgehead atoms.